The maximum absolute atomic E-state index is 13.4. The van der Waals surface area contributed by atoms with Crippen molar-refractivity contribution in [3.63, 3.8) is 0 Å². The Morgan fingerprint density at radius 3 is 2.38 bits per heavy atom. The number of carbonyl (C=O) groups excluding carboxylic acids is 2. The average Bonchev–Trinajstić information content (AvgIpc) is 3.29. The Bertz CT molecular complexity index is 1060. The fraction of sp³-hybridized carbons (Fsp3) is 0.333. The molecule has 0 radical (unpaired) electrons. The summed E-state index contributed by atoms with van der Waals surface area (Å²) in [6.45, 7) is 6.16. The molecular formula is C24H27N5O3. The van der Waals surface area contributed by atoms with Crippen LogP contribution in [-0.2, 0) is 4.74 Å². The number of benzene rings is 1. The van der Waals surface area contributed by atoms with E-state index in [1.54, 1.807) is 33.1 Å². The van der Waals surface area contributed by atoms with Crippen molar-refractivity contribution in [3.8, 4) is 16.9 Å². The molecule has 0 N–H and O–H groups in total. The highest BCUT2D eigenvalue weighted by molar-refractivity contribution is 6.00. The zero-order valence-corrected chi connectivity index (χ0v) is 18.3. The molecule has 2 amide bonds. The molecule has 8 nitrogen and oxygen atoms in total. The third-order valence-corrected chi connectivity index (χ3v) is 5.27. The van der Waals surface area contributed by atoms with Crippen LogP contribution in [-0.4, -0.2) is 69.4 Å². The van der Waals surface area contributed by atoms with Gasteiger partial charge < -0.3 is 14.5 Å². The van der Waals surface area contributed by atoms with E-state index in [4.69, 9.17) is 9.84 Å². The lowest BCUT2D eigenvalue weighted by atomic mass is 10.1. The molecule has 1 aliphatic rings. The molecule has 166 valence electrons. The van der Waals surface area contributed by atoms with Crippen molar-refractivity contribution in [3.05, 3.63) is 66.6 Å². The standard InChI is InChI=1S/C24H27N5O3/c1-18(2)17-32-24(31)28-13-11-27(12-14-28)23(30)21-16-29(20-8-4-3-5-9-20)26-22(21)19-7-6-10-25-15-19/h3-10,15-16,18H,11-14,17H2,1-2H3. The Hall–Kier alpha value is -3.68. The van der Waals surface area contributed by atoms with Crippen molar-refractivity contribution in [2.75, 3.05) is 32.8 Å². The normalized spacial score (nSPS) is 14.0. The van der Waals surface area contributed by atoms with Gasteiger partial charge in [-0.1, -0.05) is 32.0 Å². The molecule has 0 unspecified atom stereocenters. The van der Waals surface area contributed by atoms with E-state index in [1.807, 2.05) is 56.3 Å². The number of nitrogens with zero attached hydrogens (tertiary/aromatic N) is 5. The molecule has 0 saturated carbocycles. The summed E-state index contributed by atoms with van der Waals surface area (Å²) in [5.41, 5.74) is 2.75. The Morgan fingerprint density at radius 2 is 1.72 bits per heavy atom. The number of carbonyl (C=O) groups is 2. The SMILES string of the molecule is CC(C)COC(=O)N1CCN(C(=O)c2cn(-c3ccccc3)nc2-c2cccnc2)CC1. The summed E-state index contributed by atoms with van der Waals surface area (Å²) in [4.78, 5) is 33.3. The lowest BCUT2D eigenvalue weighted by molar-refractivity contribution is 0.0536. The minimum atomic E-state index is -0.321. The van der Waals surface area contributed by atoms with Gasteiger partial charge in [-0.2, -0.15) is 5.10 Å². The van der Waals surface area contributed by atoms with E-state index in [9.17, 15) is 9.59 Å². The molecule has 3 heterocycles. The number of amides is 2. The van der Waals surface area contributed by atoms with Gasteiger partial charge in [0.1, 0.15) is 5.69 Å². The van der Waals surface area contributed by atoms with Gasteiger partial charge in [-0.15, -0.1) is 0 Å². The zero-order valence-electron chi connectivity index (χ0n) is 18.3. The lowest BCUT2D eigenvalue weighted by Crippen LogP contribution is -2.50. The van der Waals surface area contributed by atoms with Crippen LogP contribution in [0.5, 0.6) is 0 Å². The number of aromatic nitrogens is 3. The summed E-state index contributed by atoms with van der Waals surface area (Å²) < 4.78 is 7.03. The first-order valence-corrected chi connectivity index (χ1v) is 10.8. The Labute approximate surface area is 187 Å². The second-order valence-electron chi connectivity index (χ2n) is 8.16. The first-order chi connectivity index (χ1) is 15.5. The number of rotatable bonds is 5. The van der Waals surface area contributed by atoms with Crippen LogP contribution in [0.3, 0.4) is 0 Å². The average molecular weight is 434 g/mol. The van der Waals surface area contributed by atoms with Crippen LogP contribution >= 0.6 is 0 Å². The monoisotopic (exact) mass is 433 g/mol. The number of para-hydroxylation sites is 1. The maximum atomic E-state index is 13.4. The molecule has 3 aromatic rings. The van der Waals surface area contributed by atoms with Crippen molar-refractivity contribution in [2.45, 2.75) is 13.8 Å². The molecule has 0 spiro atoms. The van der Waals surface area contributed by atoms with Crippen LogP contribution in [0.2, 0.25) is 0 Å². The number of hydrogen-bond acceptors (Lipinski definition) is 5. The number of piperazine rings is 1. The summed E-state index contributed by atoms with van der Waals surface area (Å²) in [5, 5.41) is 4.70. The Kier molecular flexibility index (Phi) is 6.49. The first kappa shape index (κ1) is 21.5. The van der Waals surface area contributed by atoms with Gasteiger partial charge in [0, 0.05) is 50.3 Å². The predicted octanol–water partition coefficient (Wildman–Crippen LogP) is 3.48. The molecule has 8 heteroatoms. The van der Waals surface area contributed by atoms with E-state index in [0.717, 1.165) is 11.3 Å². The van der Waals surface area contributed by atoms with Crippen LogP contribution in [0.4, 0.5) is 4.79 Å². The first-order valence-electron chi connectivity index (χ1n) is 10.8. The van der Waals surface area contributed by atoms with Gasteiger partial charge in [0.15, 0.2) is 0 Å². The second kappa shape index (κ2) is 9.64. The molecule has 0 aliphatic carbocycles. The molecular weight excluding hydrogens is 406 g/mol. The molecule has 1 saturated heterocycles. The van der Waals surface area contributed by atoms with E-state index < -0.39 is 0 Å². The summed E-state index contributed by atoms with van der Waals surface area (Å²) in [5.74, 6) is 0.176. The molecule has 4 rings (SSSR count). The van der Waals surface area contributed by atoms with Crippen LogP contribution in [0.15, 0.2) is 61.1 Å². The predicted molar refractivity (Wildman–Crippen MR) is 120 cm³/mol. The minimum Gasteiger partial charge on any atom is -0.449 e. The zero-order chi connectivity index (χ0) is 22.5. The van der Waals surface area contributed by atoms with Crippen LogP contribution in [0, 0.1) is 5.92 Å². The smallest absolute Gasteiger partial charge is 0.409 e. The van der Waals surface area contributed by atoms with Gasteiger partial charge in [0.05, 0.1) is 17.9 Å². The van der Waals surface area contributed by atoms with Crippen LogP contribution in [0.1, 0.15) is 24.2 Å². The third kappa shape index (κ3) is 4.80. The van der Waals surface area contributed by atoms with Gasteiger partial charge in [-0.25, -0.2) is 9.48 Å². The van der Waals surface area contributed by atoms with E-state index in [1.165, 1.54) is 0 Å². The summed E-state index contributed by atoms with van der Waals surface area (Å²) in [6.07, 6.45) is 4.84. The maximum Gasteiger partial charge on any atom is 0.409 e. The number of pyridine rings is 1. The molecule has 1 aromatic carbocycles. The molecule has 1 fully saturated rings. The number of ether oxygens (including phenoxy) is 1. The second-order valence-corrected chi connectivity index (χ2v) is 8.16. The van der Waals surface area contributed by atoms with E-state index in [2.05, 4.69) is 4.98 Å². The minimum absolute atomic E-state index is 0.110. The van der Waals surface area contributed by atoms with Gasteiger partial charge >= 0.3 is 6.09 Å². The third-order valence-electron chi connectivity index (χ3n) is 5.27. The molecule has 32 heavy (non-hydrogen) atoms. The molecule has 2 aromatic heterocycles. The molecule has 0 bridgehead atoms. The lowest BCUT2D eigenvalue weighted by Gasteiger charge is -2.34. The fourth-order valence-electron chi connectivity index (χ4n) is 3.55. The van der Waals surface area contributed by atoms with Gasteiger partial charge in [0.2, 0.25) is 0 Å². The van der Waals surface area contributed by atoms with E-state index in [0.29, 0.717) is 44.0 Å². The van der Waals surface area contributed by atoms with Crippen molar-refractivity contribution in [1.29, 1.82) is 0 Å². The van der Waals surface area contributed by atoms with Gasteiger partial charge in [0.25, 0.3) is 5.91 Å². The number of hydrogen-bond donors (Lipinski definition) is 0. The van der Waals surface area contributed by atoms with E-state index in [-0.39, 0.29) is 17.9 Å². The van der Waals surface area contributed by atoms with Crippen LogP contribution < -0.4 is 0 Å². The highest BCUT2D eigenvalue weighted by Gasteiger charge is 2.28. The van der Waals surface area contributed by atoms with Crippen molar-refractivity contribution in [1.82, 2.24) is 24.6 Å². The topological polar surface area (TPSA) is 80.6 Å². The van der Waals surface area contributed by atoms with Gasteiger partial charge in [-0.05, 0) is 30.2 Å². The van der Waals surface area contributed by atoms with Crippen molar-refractivity contribution >= 4 is 12.0 Å². The van der Waals surface area contributed by atoms with Crippen molar-refractivity contribution in [2.24, 2.45) is 5.92 Å². The Morgan fingerprint density at radius 1 is 1.00 bits per heavy atom. The fourth-order valence-corrected chi connectivity index (χ4v) is 3.55. The van der Waals surface area contributed by atoms with Crippen LogP contribution in [0.25, 0.3) is 16.9 Å². The summed E-state index contributed by atoms with van der Waals surface area (Å²) in [7, 11) is 0. The summed E-state index contributed by atoms with van der Waals surface area (Å²) in [6, 6.07) is 13.4. The molecule has 0 atom stereocenters. The summed E-state index contributed by atoms with van der Waals surface area (Å²) >= 11 is 0. The quantitative estimate of drug-likeness (QED) is 0.615. The highest BCUT2D eigenvalue weighted by atomic mass is 16.6. The van der Waals surface area contributed by atoms with E-state index >= 15 is 0 Å². The molecule has 1 aliphatic heterocycles. The van der Waals surface area contributed by atoms with Gasteiger partial charge in [-0.3, -0.25) is 9.78 Å². The van der Waals surface area contributed by atoms with Crippen molar-refractivity contribution < 1.29 is 14.3 Å². The Balaban J connectivity index is 1.53. The largest absolute Gasteiger partial charge is 0.449 e. The highest BCUT2D eigenvalue weighted by Crippen LogP contribution is 2.25.